The van der Waals surface area contributed by atoms with E-state index in [1.54, 1.807) is 13.8 Å². The van der Waals surface area contributed by atoms with Crippen LogP contribution in [0.3, 0.4) is 0 Å². The lowest BCUT2D eigenvalue weighted by Crippen LogP contribution is -2.29. The van der Waals surface area contributed by atoms with Gasteiger partial charge in [-0.25, -0.2) is 9.78 Å². The van der Waals surface area contributed by atoms with Crippen LogP contribution >= 0.6 is 27.3 Å². The van der Waals surface area contributed by atoms with E-state index in [2.05, 4.69) is 32.8 Å². The van der Waals surface area contributed by atoms with Crippen LogP contribution in [0.25, 0.3) is 0 Å². The first kappa shape index (κ1) is 12.0. The molecule has 0 aliphatic rings. The number of rotatable bonds is 2. The second kappa shape index (κ2) is 5.14. The monoisotopic (exact) mass is 288 g/mol. The molecule has 0 bridgehead atoms. The van der Waals surface area contributed by atoms with E-state index in [4.69, 9.17) is 5.11 Å². The molecule has 0 aromatic carbocycles. The number of aryl methyl sites for hydroxylation is 1. The number of hydrogen-bond acceptors (Lipinski definition) is 3. The number of amides is 1. The zero-order valence-electron chi connectivity index (χ0n) is 8.24. The van der Waals surface area contributed by atoms with E-state index < -0.39 is 6.09 Å². The molecule has 1 aromatic rings. The highest BCUT2D eigenvalue weighted by molar-refractivity contribution is 9.11. The van der Waals surface area contributed by atoms with Crippen LogP contribution < -0.4 is 4.90 Å². The average Bonchev–Trinajstić information content (AvgIpc) is 2.46. The van der Waals surface area contributed by atoms with Crippen LogP contribution in [0.4, 0.5) is 9.80 Å². The van der Waals surface area contributed by atoms with Crippen molar-refractivity contribution >= 4 is 38.4 Å². The van der Waals surface area contributed by atoms with Gasteiger partial charge in [0, 0.05) is 0 Å². The Morgan fingerprint density at radius 2 is 2.40 bits per heavy atom. The Morgan fingerprint density at radius 3 is 2.80 bits per heavy atom. The maximum atomic E-state index is 11.0. The van der Waals surface area contributed by atoms with Gasteiger partial charge in [-0.3, -0.25) is 4.90 Å². The molecule has 1 N–H and O–H groups in total. The summed E-state index contributed by atoms with van der Waals surface area (Å²) in [6, 6.07) is 0. The number of carboxylic acid groups (broad SMARTS) is 1. The predicted molar refractivity (Wildman–Crippen MR) is 63.4 cm³/mol. The third kappa shape index (κ3) is 2.94. The van der Waals surface area contributed by atoms with Crippen molar-refractivity contribution in [3.63, 3.8) is 0 Å². The fourth-order valence-electron chi connectivity index (χ4n) is 0.991. The molecule has 0 spiro atoms. The van der Waals surface area contributed by atoms with Gasteiger partial charge in [0.05, 0.1) is 12.2 Å². The first-order valence-corrected chi connectivity index (χ1v) is 5.70. The van der Waals surface area contributed by atoms with Crippen molar-refractivity contribution in [3.05, 3.63) is 9.61 Å². The molecule has 1 heterocycles. The van der Waals surface area contributed by atoms with E-state index in [9.17, 15) is 4.79 Å². The summed E-state index contributed by atoms with van der Waals surface area (Å²) < 4.78 is 0.672. The van der Waals surface area contributed by atoms with Crippen LogP contribution in [0.2, 0.25) is 0 Å². The number of hydrogen-bond donors (Lipinski definition) is 1. The molecule has 4 nitrogen and oxygen atoms in total. The summed E-state index contributed by atoms with van der Waals surface area (Å²) in [5.74, 6) is 5.39. The fraction of sp³-hybridized carbons (Fsp3) is 0.333. The van der Waals surface area contributed by atoms with E-state index in [0.29, 0.717) is 14.6 Å². The molecule has 0 saturated carbocycles. The molecule has 0 aliphatic carbocycles. The Labute approximate surface area is 100 Å². The molecule has 15 heavy (non-hydrogen) atoms. The van der Waals surface area contributed by atoms with Crippen molar-refractivity contribution < 1.29 is 9.90 Å². The third-order valence-corrected chi connectivity index (χ3v) is 3.27. The minimum absolute atomic E-state index is 0.168. The summed E-state index contributed by atoms with van der Waals surface area (Å²) >= 11 is 4.50. The largest absolute Gasteiger partial charge is 0.465 e. The van der Waals surface area contributed by atoms with Crippen molar-refractivity contribution in [1.29, 1.82) is 0 Å². The number of thiazole rings is 1. The van der Waals surface area contributed by atoms with Gasteiger partial charge in [0.1, 0.15) is 5.00 Å². The van der Waals surface area contributed by atoms with E-state index in [0.717, 1.165) is 0 Å². The highest BCUT2D eigenvalue weighted by Crippen LogP contribution is 2.31. The molecule has 80 valence electrons. The molecule has 1 rings (SSSR count). The smallest absolute Gasteiger partial charge is 0.413 e. The summed E-state index contributed by atoms with van der Waals surface area (Å²) in [4.78, 5) is 16.3. The highest BCUT2D eigenvalue weighted by atomic mass is 79.9. The van der Waals surface area contributed by atoms with E-state index in [-0.39, 0.29) is 6.54 Å². The lowest BCUT2D eigenvalue weighted by molar-refractivity contribution is 0.203. The van der Waals surface area contributed by atoms with Crippen molar-refractivity contribution in [2.45, 2.75) is 13.8 Å². The summed E-state index contributed by atoms with van der Waals surface area (Å²) in [5.41, 5.74) is 0.687. The van der Waals surface area contributed by atoms with Gasteiger partial charge in [-0.1, -0.05) is 17.3 Å². The summed E-state index contributed by atoms with van der Waals surface area (Å²) in [5, 5.41) is 9.62. The molecule has 0 radical (unpaired) electrons. The van der Waals surface area contributed by atoms with Crippen LogP contribution in [0, 0.1) is 18.8 Å². The van der Waals surface area contributed by atoms with Gasteiger partial charge in [-0.05, 0) is 29.8 Å². The summed E-state index contributed by atoms with van der Waals surface area (Å²) in [6.45, 7) is 3.61. The maximum Gasteiger partial charge on any atom is 0.413 e. The molecule has 0 fully saturated rings. The molecule has 0 atom stereocenters. The summed E-state index contributed by atoms with van der Waals surface area (Å²) in [7, 11) is 0. The van der Waals surface area contributed by atoms with E-state index in [1.165, 1.54) is 16.2 Å². The molecule has 1 aromatic heterocycles. The van der Waals surface area contributed by atoms with Gasteiger partial charge < -0.3 is 5.11 Å². The number of aromatic nitrogens is 1. The summed E-state index contributed by atoms with van der Waals surface area (Å²) in [6.07, 6.45) is -1.02. The Bertz CT molecular complexity index is 433. The van der Waals surface area contributed by atoms with Gasteiger partial charge in [-0.15, -0.1) is 5.92 Å². The van der Waals surface area contributed by atoms with Crippen molar-refractivity contribution in [2.24, 2.45) is 0 Å². The normalized spacial score (nSPS) is 9.27. The molecule has 1 amide bonds. The van der Waals surface area contributed by atoms with Crippen molar-refractivity contribution in [1.82, 2.24) is 4.98 Å². The quantitative estimate of drug-likeness (QED) is 0.852. The van der Waals surface area contributed by atoms with Gasteiger partial charge in [-0.2, -0.15) is 0 Å². The van der Waals surface area contributed by atoms with Gasteiger partial charge in [0.25, 0.3) is 0 Å². The Morgan fingerprint density at radius 1 is 1.73 bits per heavy atom. The standard InChI is InChI=1S/C9H9BrN2O2S/c1-3-4-5-12(9(13)14)7-6(2)11-8(10)15-7/h5H2,1-2H3,(H,13,14). The maximum absolute atomic E-state index is 11.0. The van der Waals surface area contributed by atoms with E-state index in [1.807, 2.05) is 0 Å². The minimum atomic E-state index is -1.02. The van der Waals surface area contributed by atoms with Crippen molar-refractivity contribution in [3.8, 4) is 11.8 Å². The van der Waals surface area contributed by atoms with Crippen LogP contribution in [0.5, 0.6) is 0 Å². The average molecular weight is 289 g/mol. The predicted octanol–water partition coefficient (Wildman–Crippen LogP) is 2.72. The van der Waals surface area contributed by atoms with Gasteiger partial charge in [0.15, 0.2) is 3.92 Å². The molecule has 0 saturated heterocycles. The highest BCUT2D eigenvalue weighted by Gasteiger charge is 2.18. The SMILES string of the molecule is CC#CCN(C(=O)O)c1sc(Br)nc1C. The zero-order valence-corrected chi connectivity index (χ0v) is 10.6. The van der Waals surface area contributed by atoms with E-state index >= 15 is 0 Å². The van der Waals surface area contributed by atoms with Crippen LogP contribution in [0.15, 0.2) is 3.92 Å². The molecular weight excluding hydrogens is 280 g/mol. The lowest BCUT2D eigenvalue weighted by atomic mass is 10.4. The number of halogens is 1. The zero-order chi connectivity index (χ0) is 11.4. The molecule has 0 unspecified atom stereocenters. The Hall–Kier alpha value is -1.06. The number of carbonyl (C=O) groups is 1. The molecule has 6 heteroatoms. The first-order valence-electron chi connectivity index (χ1n) is 4.09. The third-order valence-electron chi connectivity index (χ3n) is 1.64. The fourth-order valence-corrected chi connectivity index (χ4v) is 2.51. The number of nitrogens with zero attached hydrogens (tertiary/aromatic N) is 2. The van der Waals surface area contributed by atoms with Crippen LogP contribution in [-0.4, -0.2) is 22.7 Å². The Balaban J connectivity index is 3.02. The second-order valence-corrected chi connectivity index (χ2v) is 4.91. The molecule has 0 aliphatic heterocycles. The number of anilines is 1. The molecular formula is C9H9BrN2O2S. The second-order valence-electron chi connectivity index (χ2n) is 2.65. The Kier molecular flexibility index (Phi) is 4.12. The van der Waals surface area contributed by atoms with Gasteiger partial charge in [0.2, 0.25) is 0 Å². The van der Waals surface area contributed by atoms with Crippen molar-refractivity contribution in [2.75, 3.05) is 11.4 Å². The first-order chi connectivity index (χ1) is 7.06. The van der Waals surface area contributed by atoms with Crippen LogP contribution in [-0.2, 0) is 0 Å². The topological polar surface area (TPSA) is 53.4 Å². The van der Waals surface area contributed by atoms with Gasteiger partial charge >= 0.3 is 6.09 Å². The lowest BCUT2D eigenvalue weighted by Gasteiger charge is -2.13. The van der Waals surface area contributed by atoms with Crippen LogP contribution in [0.1, 0.15) is 12.6 Å². The minimum Gasteiger partial charge on any atom is -0.465 e.